The Morgan fingerprint density at radius 1 is 0.224 bits per heavy atom. The molecule has 0 spiro atoms. The van der Waals surface area contributed by atoms with Crippen molar-refractivity contribution < 1.29 is 65.9 Å². The number of hydrogen-bond acceptors (Lipinski definition) is 8. The predicted molar refractivity (Wildman–Crippen MR) is 349 cm³/mol. The van der Waals surface area contributed by atoms with E-state index in [1.54, 1.807) is 0 Å². The van der Waals surface area contributed by atoms with Gasteiger partial charge in [-0.05, 0) is 104 Å². The van der Waals surface area contributed by atoms with Gasteiger partial charge in [0.2, 0.25) is 0 Å². The quantitative estimate of drug-likeness (QED) is 0.0278. The molecule has 20 heteroatoms. The molecule has 0 bridgehead atoms. The predicted octanol–water partition coefficient (Wildman–Crippen LogP) is 20.8. The summed E-state index contributed by atoms with van der Waals surface area (Å²) in [7, 11) is 39.0. The van der Waals surface area contributed by atoms with E-state index in [9.17, 15) is 0 Å². The Labute approximate surface area is 545 Å². The first kappa shape index (κ1) is 109. The van der Waals surface area contributed by atoms with Gasteiger partial charge < -0.3 is 45.9 Å². The van der Waals surface area contributed by atoms with Crippen LogP contribution < -0.4 is 45.9 Å². The Morgan fingerprint density at radius 3 is 0.447 bits per heavy atom. The molecular weight excluding hydrogens is 1850 g/mol. The molecule has 0 aliphatic heterocycles. The summed E-state index contributed by atoms with van der Waals surface area (Å²) in [5.41, 5.74) is 42.9. The van der Waals surface area contributed by atoms with Crippen LogP contribution in [0.5, 0.6) is 0 Å². The van der Waals surface area contributed by atoms with Crippen LogP contribution in [0.4, 0.5) is 0 Å². The van der Waals surface area contributed by atoms with Crippen molar-refractivity contribution in [3.63, 3.8) is 0 Å². The SMILES string of the molecule is CCCCCC(C)N.CCCCCC(C)N.CCCCCCCCN.CCCCCCCCN.CCCCCCCN.CCCCCCCN.CCCCCCN.CCCCCCN.[Cl][Pt][Cl].[Cl][Pt][Cl].[Cl][Pt][Cl].[Cl][Pt][Cl]. The van der Waals surface area contributed by atoms with E-state index >= 15 is 0 Å². The fraction of sp³-hybridized carbons (Fsp3) is 1.00. The fourth-order valence-electron chi connectivity index (χ4n) is 5.92. The molecule has 0 rings (SSSR count). The third-order valence-corrected chi connectivity index (χ3v) is 10.4. The van der Waals surface area contributed by atoms with Gasteiger partial charge in [0, 0.05) is 12.1 Å². The van der Waals surface area contributed by atoms with Crippen LogP contribution in [0.3, 0.4) is 0 Å². The molecule has 16 N–H and O–H groups in total. The summed E-state index contributed by atoms with van der Waals surface area (Å²) in [6.45, 7) is 27.1. The van der Waals surface area contributed by atoms with Gasteiger partial charge in [-0.3, -0.25) is 0 Å². The van der Waals surface area contributed by atoms with Gasteiger partial charge in [-0.1, -0.05) is 248 Å². The van der Waals surface area contributed by atoms with E-state index in [2.05, 4.69) is 69.2 Å². The van der Waals surface area contributed by atoms with Crippen molar-refractivity contribution in [2.24, 2.45) is 45.9 Å². The van der Waals surface area contributed by atoms with Gasteiger partial charge >= 0.3 is 141 Å². The summed E-state index contributed by atoms with van der Waals surface area (Å²) in [6, 6.07) is 0.808. The molecule has 2 atom stereocenters. The van der Waals surface area contributed by atoms with E-state index in [-0.39, 0.29) is 0 Å². The van der Waals surface area contributed by atoms with Crippen LogP contribution in [-0.4, -0.2) is 51.4 Å². The fourth-order valence-corrected chi connectivity index (χ4v) is 5.92. The molecule has 2 unspecified atom stereocenters. The molecular formula is C56H136Cl8N8Pt4. The van der Waals surface area contributed by atoms with E-state index < -0.39 is 65.9 Å². The van der Waals surface area contributed by atoms with Crippen LogP contribution in [0.25, 0.3) is 0 Å². The molecule has 0 amide bonds. The molecule has 0 aromatic carbocycles. The molecule has 0 saturated carbocycles. The minimum atomic E-state index is -0.472. The van der Waals surface area contributed by atoms with Gasteiger partial charge in [0.05, 0.1) is 0 Å². The van der Waals surface area contributed by atoms with Crippen molar-refractivity contribution >= 4 is 75.3 Å². The van der Waals surface area contributed by atoms with Crippen LogP contribution in [0.1, 0.15) is 313 Å². The van der Waals surface area contributed by atoms with Crippen molar-refractivity contribution in [3.05, 3.63) is 0 Å². The van der Waals surface area contributed by atoms with E-state index in [1.807, 2.05) is 0 Å². The molecule has 496 valence electrons. The Morgan fingerprint density at radius 2 is 0.329 bits per heavy atom. The molecule has 0 aliphatic carbocycles. The van der Waals surface area contributed by atoms with E-state index in [4.69, 9.17) is 121 Å². The summed E-state index contributed by atoms with van der Waals surface area (Å²) in [4.78, 5) is 0. The summed E-state index contributed by atoms with van der Waals surface area (Å²) in [6.07, 6.45) is 49.9. The maximum absolute atomic E-state index is 5.53. The molecule has 0 fully saturated rings. The van der Waals surface area contributed by atoms with Crippen molar-refractivity contribution in [2.75, 3.05) is 39.3 Å². The van der Waals surface area contributed by atoms with Crippen LogP contribution in [-0.2, 0) is 65.9 Å². The first-order chi connectivity index (χ1) is 36.7. The summed E-state index contributed by atoms with van der Waals surface area (Å²) < 4.78 is 0. The number of halogens is 8. The van der Waals surface area contributed by atoms with Crippen molar-refractivity contribution in [3.8, 4) is 0 Å². The molecule has 0 aromatic heterocycles. The van der Waals surface area contributed by atoms with E-state index in [0.29, 0.717) is 12.1 Å². The summed E-state index contributed by atoms with van der Waals surface area (Å²) >= 11 is -1.89. The second kappa shape index (κ2) is 143. The van der Waals surface area contributed by atoms with Crippen molar-refractivity contribution in [1.29, 1.82) is 0 Å². The first-order valence-electron chi connectivity index (χ1n) is 29.7. The first-order valence-corrected chi connectivity index (χ1v) is 52.2. The number of rotatable bonds is 38. The molecule has 8 nitrogen and oxygen atoms in total. The minimum absolute atomic E-state index is 0.404. The Balaban J connectivity index is -0.0000000598. The van der Waals surface area contributed by atoms with E-state index in [1.165, 1.54) is 244 Å². The third-order valence-electron chi connectivity index (χ3n) is 10.4. The third kappa shape index (κ3) is 238. The van der Waals surface area contributed by atoms with Gasteiger partial charge in [-0.15, -0.1) is 0 Å². The number of unbranched alkanes of at least 4 members (excludes halogenated alkanes) is 28. The average molecular weight is 1990 g/mol. The maximum atomic E-state index is 5.53. The van der Waals surface area contributed by atoms with Gasteiger partial charge in [-0.25, -0.2) is 0 Å². The zero-order chi connectivity index (χ0) is 61.1. The van der Waals surface area contributed by atoms with Gasteiger partial charge in [0.25, 0.3) is 0 Å². The second-order valence-corrected chi connectivity index (χ2v) is 31.5. The second-order valence-electron chi connectivity index (χ2n) is 18.3. The summed E-state index contributed by atoms with van der Waals surface area (Å²) in [5, 5.41) is 0. The molecule has 0 saturated heterocycles. The van der Waals surface area contributed by atoms with E-state index in [0.717, 1.165) is 39.3 Å². The van der Waals surface area contributed by atoms with Crippen molar-refractivity contribution in [2.45, 2.75) is 325 Å². The standard InChI is InChI=1S/2C8H19N.4C7H17N.2C6H15N.8ClH.4Pt/c2*1-2-3-4-5-6-7-8-9;2*1-3-4-5-6-7(2)8;2*1-2-3-4-5-6-7-8;2*1-2-3-4-5-6-7;;;;;;;;;;;;/h2*2-9H2,1H3;2*7H,3-6,8H2,1-2H3;2*2-8H2,1H3;2*2-7H2,1H3;8*1H;;;;/q;;;;;;;;;;;;;;;;4*+2/p-8. The van der Waals surface area contributed by atoms with Gasteiger partial charge in [-0.2, -0.15) is 0 Å². The van der Waals surface area contributed by atoms with Gasteiger partial charge in [0.15, 0.2) is 0 Å². The zero-order valence-electron chi connectivity index (χ0n) is 51.2. The Hall–Kier alpha value is 4.75. The Kier molecular flexibility index (Phi) is 205. The van der Waals surface area contributed by atoms with Crippen LogP contribution in [0.2, 0.25) is 0 Å². The van der Waals surface area contributed by atoms with Crippen molar-refractivity contribution in [1.82, 2.24) is 0 Å². The Bertz CT molecular complexity index is 621. The van der Waals surface area contributed by atoms with Crippen LogP contribution >= 0.6 is 75.3 Å². The number of nitrogens with two attached hydrogens (primary N) is 8. The average Bonchev–Trinajstić information content (AvgIpc) is 3.39. The zero-order valence-corrected chi connectivity index (χ0v) is 66.3. The van der Waals surface area contributed by atoms with Crippen LogP contribution in [0.15, 0.2) is 0 Å². The molecule has 0 heterocycles. The molecule has 0 aliphatic rings. The summed E-state index contributed by atoms with van der Waals surface area (Å²) in [5.74, 6) is 0. The topological polar surface area (TPSA) is 208 Å². The molecule has 76 heavy (non-hydrogen) atoms. The molecule has 0 radical (unpaired) electrons. The number of hydrogen-bond donors (Lipinski definition) is 8. The molecule has 0 aromatic rings. The monoisotopic (exact) mass is 1980 g/mol. The van der Waals surface area contributed by atoms with Gasteiger partial charge in [0.1, 0.15) is 0 Å². The normalized spacial score (nSPS) is 10.2. The van der Waals surface area contributed by atoms with Crippen LogP contribution in [0, 0.1) is 0 Å².